The number of hydrogen-bond acceptors (Lipinski definition) is 2. The van der Waals surface area contributed by atoms with Gasteiger partial charge in [0.15, 0.2) is 6.61 Å². The van der Waals surface area contributed by atoms with E-state index in [-0.39, 0.29) is 18.6 Å². The summed E-state index contributed by atoms with van der Waals surface area (Å²) in [4.78, 5) is 12.0. The summed E-state index contributed by atoms with van der Waals surface area (Å²) in [6.07, 6.45) is 5.37. The minimum absolute atomic E-state index is 0.0471. The highest BCUT2D eigenvalue weighted by molar-refractivity contribution is 6.30. The van der Waals surface area contributed by atoms with Gasteiger partial charge in [-0.15, -0.1) is 0 Å². The van der Waals surface area contributed by atoms with Gasteiger partial charge >= 0.3 is 0 Å². The second kappa shape index (κ2) is 6.27. The number of amides is 1. The lowest BCUT2D eigenvalue weighted by molar-refractivity contribution is -0.124. The lowest BCUT2D eigenvalue weighted by atomic mass is 9.84. The van der Waals surface area contributed by atoms with E-state index in [0.717, 1.165) is 11.8 Å². The zero-order chi connectivity index (χ0) is 14.8. The molecule has 1 amide bonds. The summed E-state index contributed by atoms with van der Waals surface area (Å²) in [6, 6.07) is 7.36. The Morgan fingerprint density at radius 3 is 2.95 bits per heavy atom. The fourth-order valence-electron chi connectivity index (χ4n) is 4.01. The van der Waals surface area contributed by atoms with Crippen molar-refractivity contribution in [1.29, 1.82) is 0 Å². The van der Waals surface area contributed by atoms with Gasteiger partial charge in [0.05, 0.1) is 0 Å². The van der Waals surface area contributed by atoms with Gasteiger partial charge in [-0.1, -0.05) is 24.1 Å². The molecule has 2 bridgehead atoms. The van der Waals surface area contributed by atoms with Gasteiger partial charge < -0.3 is 10.1 Å². The molecule has 21 heavy (non-hydrogen) atoms. The molecule has 2 aliphatic carbocycles. The van der Waals surface area contributed by atoms with Crippen LogP contribution in [0.25, 0.3) is 0 Å². The van der Waals surface area contributed by atoms with E-state index in [0.29, 0.717) is 16.7 Å². The van der Waals surface area contributed by atoms with Crippen LogP contribution in [0.2, 0.25) is 5.02 Å². The Balaban J connectivity index is 1.46. The second-order valence-electron chi connectivity index (χ2n) is 6.44. The zero-order valence-electron chi connectivity index (χ0n) is 12.3. The first-order valence-electron chi connectivity index (χ1n) is 7.79. The fraction of sp³-hybridized carbons (Fsp3) is 0.588. The predicted octanol–water partition coefficient (Wildman–Crippen LogP) is 3.66. The minimum atomic E-state index is -0.0507. The van der Waals surface area contributed by atoms with E-state index < -0.39 is 0 Å². The van der Waals surface area contributed by atoms with Crippen molar-refractivity contribution in [3.8, 4) is 5.75 Å². The van der Waals surface area contributed by atoms with Gasteiger partial charge in [-0.2, -0.15) is 0 Å². The van der Waals surface area contributed by atoms with Crippen LogP contribution in [0.15, 0.2) is 24.3 Å². The fourth-order valence-corrected chi connectivity index (χ4v) is 4.19. The average molecular weight is 308 g/mol. The Morgan fingerprint density at radius 1 is 1.43 bits per heavy atom. The molecule has 3 nitrogen and oxygen atoms in total. The van der Waals surface area contributed by atoms with Gasteiger partial charge in [0.2, 0.25) is 0 Å². The molecule has 3 rings (SSSR count). The summed E-state index contributed by atoms with van der Waals surface area (Å²) in [7, 11) is 0. The number of carbonyl (C=O) groups is 1. The Hall–Kier alpha value is -1.22. The molecule has 0 heterocycles. The average Bonchev–Trinajstić information content (AvgIpc) is 3.08. The van der Waals surface area contributed by atoms with Gasteiger partial charge in [0.1, 0.15) is 5.75 Å². The van der Waals surface area contributed by atoms with E-state index in [1.54, 1.807) is 18.2 Å². The molecule has 2 aliphatic rings. The van der Waals surface area contributed by atoms with Gasteiger partial charge in [-0.05, 0) is 62.1 Å². The number of nitrogens with one attached hydrogen (secondary N) is 1. The van der Waals surface area contributed by atoms with Gasteiger partial charge in [-0.3, -0.25) is 4.79 Å². The molecule has 4 atom stereocenters. The van der Waals surface area contributed by atoms with Crippen LogP contribution in [-0.2, 0) is 4.79 Å². The molecule has 1 aromatic rings. The largest absolute Gasteiger partial charge is 0.484 e. The number of ether oxygens (including phenoxy) is 1. The third kappa shape index (κ3) is 3.52. The first-order chi connectivity index (χ1) is 10.1. The summed E-state index contributed by atoms with van der Waals surface area (Å²) in [6.45, 7) is 2.17. The first-order valence-corrected chi connectivity index (χ1v) is 8.17. The van der Waals surface area contributed by atoms with Crippen LogP contribution >= 0.6 is 11.6 Å². The number of benzene rings is 1. The Morgan fingerprint density at radius 2 is 2.29 bits per heavy atom. The number of carbonyl (C=O) groups excluding carboxylic acids is 1. The van der Waals surface area contributed by atoms with Crippen LogP contribution in [0, 0.1) is 17.8 Å². The summed E-state index contributed by atoms with van der Waals surface area (Å²) < 4.78 is 5.48. The standard InChI is InChI=1S/C17H22ClNO2/c1-11(16-8-12-5-6-13(16)7-12)19-17(20)10-21-15-4-2-3-14(18)9-15/h2-4,9,11-13,16H,5-8,10H2,1H3,(H,19,20)/t11-,12-,13-,16-/m0/s1. The molecular formula is C17H22ClNO2. The van der Waals surface area contributed by atoms with Crippen LogP contribution in [0.5, 0.6) is 5.75 Å². The maximum Gasteiger partial charge on any atom is 0.258 e. The number of fused-ring (bicyclic) bond motifs is 2. The quantitative estimate of drug-likeness (QED) is 0.901. The number of halogens is 1. The number of rotatable bonds is 5. The van der Waals surface area contributed by atoms with E-state index in [9.17, 15) is 4.79 Å². The zero-order valence-corrected chi connectivity index (χ0v) is 13.1. The van der Waals surface area contributed by atoms with Crippen molar-refractivity contribution in [2.75, 3.05) is 6.61 Å². The summed E-state index contributed by atoms with van der Waals surface area (Å²) in [5.74, 6) is 2.95. The normalized spacial score (nSPS) is 28.4. The second-order valence-corrected chi connectivity index (χ2v) is 6.88. The summed E-state index contributed by atoms with van der Waals surface area (Å²) in [5.41, 5.74) is 0. The topological polar surface area (TPSA) is 38.3 Å². The van der Waals surface area contributed by atoms with Crippen molar-refractivity contribution in [3.05, 3.63) is 29.3 Å². The highest BCUT2D eigenvalue weighted by atomic mass is 35.5. The van der Waals surface area contributed by atoms with Crippen molar-refractivity contribution < 1.29 is 9.53 Å². The van der Waals surface area contributed by atoms with Crippen LogP contribution < -0.4 is 10.1 Å². The molecule has 2 saturated carbocycles. The Bertz CT molecular complexity index is 519. The van der Waals surface area contributed by atoms with Crippen molar-refractivity contribution >= 4 is 17.5 Å². The van der Waals surface area contributed by atoms with Crippen LogP contribution in [0.4, 0.5) is 0 Å². The maximum absolute atomic E-state index is 12.0. The molecule has 2 fully saturated rings. The molecule has 0 aromatic heterocycles. The van der Waals surface area contributed by atoms with E-state index in [4.69, 9.17) is 16.3 Å². The minimum Gasteiger partial charge on any atom is -0.484 e. The van der Waals surface area contributed by atoms with Gasteiger partial charge in [0, 0.05) is 11.1 Å². The lowest BCUT2D eigenvalue weighted by Crippen LogP contribution is -2.42. The maximum atomic E-state index is 12.0. The molecule has 0 saturated heterocycles. The van der Waals surface area contributed by atoms with E-state index in [1.807, 2.05) is 6.07 Å². The van der Waals surface area contributed by atoms with E-state index >= 15 is 0 Å². The van der Waals surface area contributed by atoms with Crippen molar-refractivity contribution in [1.82, 2.24) is 5.32 Å². The SMILES string of the molecule is C[C@H](NC(=O)COc1cccc(Cl)c1)[C@@H]1C[C@H]2CC[C@H]1C2. The van der Waals surface area contributed by atoms with Crippen LogP contribution in [0.3, 0.4) is 0 Å². The molecule has 114 valence electrons. The lowest BCUT2D eigenvalue weighted by Gasteiger charge is -2.28. The van der Waals surface area contributed by atoms with Crippen molar-refractivity contribution in [2.24, 2.45) is 17.8 Å². The molecule has 1 N–H and O–H groups in total. The van der Waals surface area contributed by atoms with Crippen molar-refractivity contribution in [2.45, 2.75) is 38.6 Å². The Kier molecular flexibility index (Phi) is 4.39. The smallest absolute Gasteiger partial charge is 0.258 e. The monoisotopic (exact) mass is 307 g/mol. The summed E-state index contributed by atoms with van der Waals surface area (Å²) >= 11 is 5.89. The molecule has 0 unspecified atom stereocenters. The van der Waals surface area contributed by atoms with Crippen LogP contribution in [0.1, 0.15) is 32.6 Å². The van der Waals surface area contributed by atoms with Gasteiger partial charge in [0.25, 0.3) is 5.91 Å². The highest BCUT2D eigenvalue weighted by Gasteiger charge is 2.42. The molecule has 4 heteroatoms. The third-order valence-corrected chi connectivity index (χ3v) is 5.22. The number of hydrogen-bond donors (Lipinski definition) is 1. The highest BCUT2D eigenvalue weighted by Crippen LogP contribution is 2.49. The molecule has 0 aliphatic heterocycles. The predicted molar refractivity (Wildman–Crippen MR) is 83.5 cm³/mol. The molecule has 1 aromatic carbocycles. The Labute approximate surface area is 131 Å². The molecular weight excluding hydrogens is 286 g/mol. The van der Waals surface area contributed by atoms with E-state index in [1.165, 1.54) is 25.7 Å². The van der Waals surface area contributed by atoms with E-state index in [2.05, 4.69) is 12.2 Å². The molecule has 0 radical (unpaired) electrons. The summed E-state index contributed by atoms with van der Waals surface area (Å²) in [5, 5.41) is 3.71. The first kappa shape index (κ1) is 14.7. The third-order valence-electron chi connectivity index (χ3n) is 4.99. The van der Waals surface area contributed by atoms with Gasteiger partial charge in [-0.25, -0.2) is 0 Å². The van der Waals surface area contributed by atoms with Crippen molar-refractivity contribution in [3.63, 3.8) is 0 Å². The van der Waals surface area contributed by atoms with Crippen LogP contribution in [-0.4, -0.2) is 18.6 Å². The molecule has 0 spiro atoms.